The van der Waals surface area contributed by atoms with Crippen molar-refractivity contribution in [3.8, 4) is 0 Å². The van der Waals surface area contributed by atoms with Gasteiger partial charge in [-0.1, -0.05) is 0 Å². The van der Waals surface area contributed by atoms with Crippen LogP contribution in [-0.2, 0) is 19.3 Å². The fraction of sp³-hybridized carbons (Fsp3) is 0.500. The molecule has 2 aromatic rings. The molecule has 1 aromatic heterocycles. The Morgan fingerprint density at radius 3 is 2.03 bits per heavy atom. The van der Waals surface area contributed by atoms with Crippen LogP contribution in [0.2, 0.25) is 0 Å². The molecule has 2 aliphatic heterocycles. The number of nitrogens with one attached hydrogen (secondary N) is 3. The Kier molecular flexibility index (Phi) is 9.40. The van der Waals surface area contributed by atoms with Gasteiger partial charge in [0.25, 0.3) is 11.1 Å². The van der Waals surface area contributed by atoms with Crippen LogP contribution in [0.3, 0.4) is 0 Å². The average molecular weight is 478 g/mol. The van der Waals surface area contributed by atoms with E-state index in [1.54, 1.807) is 30.3 Å². The van der Waals surface area contributed by atoms with Gasteiger partial charge in [0, 0.05) is 63.1 Å². The maximum absolute atomic E-state index is 12.3. The zero-order valence-corrected chi connectivity index (χ0v) is 19.6. The summed E-state index contributed by atoms with van der Waals surface area (Å²) in [6.45, 7) is 3.64. The second-order valence-electron chi connectivity index (χ2n) is 7.72. The van der Waals surface area contributed by atoms with Gasteiger partial charge in [-0.2, -0.15) is 0 Å². The Bertz CT molecular complexity index is 1010. The van der Waals surface area contributed by atoms with Crippen LogP contribution < -0.4 is 16.0 Å². The molecular formula is C22H31N5O5S. The number of anilines is 3. The van der Waals surface area contributed by atoms with Crippen LogP contribution in [0.25, 0.3) is 0 Å². The predicted octanol–water partition coefficient (Wildman–Crippen LogP) is 2.37. The number of hydrogen-bond donors (Lipinski definition) is 3. The highest BCUT2D eigenvalue weighted by molar-refractivity contribution is 7.90. The first-order chi connectivity index (χ1) is 15.9. The minimum absolute atomic E-state index is 0.162. The van der Waals surface area contributed by atoms with Gasteiger partial charge in [-0.3, -0.25) is 4.79 Å². The van der Waals surface area contributed by atoms with Crippen molar-refractivity contribution in [1.29, 1.82) is 0 Å². The van der Waals surface area contributed by atoms with E-state index >= 15 is 0 Å². The normalized spacial score (nSPS) is 17.4. The molecule has 0 unspecified atom stereocenters. The Balaban J connectivity index is 1.74. The number of rotatable bonds is 1. The highest BCUT2D eigenvalue weighted by atomic mass is 32.2. The summed E-state index contributed by atoms with van der Waals surface area (Å²) in [7, 11) is -3.60. The lowest BCUT2D eigenvalue weighted by Gasteiger charge is -2.11. The SMILES string of the molecule is CS(=O)(=O)c1nc2cc(n1)Nc1ccc(cc1)C(=O)NCCCOCCCCOCCCN2. The zero-order valence-electron chi connectivity index (χ0n) is 18.8. The molecule has 3 heterocycles. The summed E-state index contributed by atoms with van der Waals surface area (Å²) in [5, 5.41) is 8.82. The van der Waals surface area contributed by atoms with Crippen LogP contribution >= 0.6 is 0 Å². The van der Waals surface area contributed by atoms with E-state index in [0.29, 0.717) is 62.4 Å². The van der Waals surface area contributed by atoms with Gasteiger partial charge in [-0.15, -0.1) is 0 Å². The van der Waals surface area contributed by atoms with E-state index < -0.39 is 9.84 Å². The third-order valence-electron chi connectivity index (χ3n) is 4.81. The summed E-state index contributed by atoms with van der Waals surface area (Å²) in [5.41, 5.74) is 1.19. The van der Waals surface area contributed by atoms with Crippen LogP contribution in [0.4, 0.5) is 17.3 Å². The smallest absolute Gasteiger partial charge is 0.251 e. The third kappa shape index (κ3) is 8.60. The predicted molar refractivity (Wildman–Crippen MR) is 126 cm³/mol. The molecule has 11 heteroatoms. The highest BCUT2D eigenvalue weighted by Crippen LogP contribution is 2.20. The fourth-order valence-corrected chi connectivity index (χ4v) is 3.61. The minimum Gasteiger partial charge on any atom is -0.381 e. The number of nitrogens with zero attached hydrogens (tertiary/aromatic N) is 2. The number of ether oxygens (including phenoxy) is 2. The second kappa shape index (κ2) is 12.5. The van der Waals surface area contributed by atoms with Gasteiger partial charge < -0.3 is 25.4 Å². The zero-order chi connectivity index (χ0) is 23.5. The molecule has 4 bridgehead atoms. The quantitative estimate of drug-likeness (QED) is 0.530. The lowest BCUT2D eigenvalue weighted by molar-refractivity contribution is 0.0924. The monoisotopic (exact) mass is 477 g/mol. The Hall–Kier alpha value is -2.76. The van der Waals surface area contributed by atoms with Crippen LogP contribution in [0.5, 0.6) is 0 Å². The number of aromatic nitrogens is 2. The molecule has 0 fully saturated rings. The summed E-state index contributed by atoms with van der Waals surface area (Å²) in [6, 6.07) is 8.51. The summed E-state index contributed by atoms with van der Waals surface area (Å²) in [6.07, 6.45) is 4.40. The van der Waals surface area contributed by atoms with Crippen LogP contribution in [-0.4, -0.2) is 70.1 Å². The molecule has 3 N–H and O–H groups in total. The number of carbonyl (C=O) groups is 1. The number of amides is 1. The topological polar surface area (TPSA) is 132 Å². The molecular weight excluding hydrogens is 446 g/mol. The summed E-state index contributed by atoms with van der Waals surface area (Å²) in [4.78, 5) is 20.6. The first-order valence-electron chi connectivity index (χ1n) is 11.1. The van der Waals surface area contributed by atoms with Gasteiger partial charge in [-0.05, 0) is 49.9 Å². The second-order valence-corrected chi connectivity index (χ2v) is 9.63. The molecule has 0 saturated carbocycles. The Labute approximate surface area is 194 Å². The van der Waals surface area contributed by atoms with Gasteiger partial charge in [0.2, 0.25) is 9.84 Å². The standard InChI is InChI=1S/C22H31N5O5S/c1-33(29,30)22-26-19-16-20(27-22)25-18-8-6-17(7-9-18)21(28)24-11-5-15-32-13-3-2-12-31-14-4-10-23-19/h6-9,16H,2-5,10-15H2,1H3,(H,24,28)(H2,23,25,26,27). The van der Waals surface area contributed by atoms with Crippen molar-refractivity contribution in [2.45, 2.75) is 30.8 Å². The molecule has 33 heavy (non-hydrogen) atoms. The summed E-state index contributed by atoms with van der Waals surface area (Å²) in [5.74, 6) is 0.573. The van der Waals surface area contributed by atoms with Gasteiger partial charge in [0.05, 0.1) is 0 Å². The molecule has 180 valence electrons. The maximum atomic E-state index is 12.3. The molecule has 0 saturated heterocycles. The molecule has 1 aromatic carbocycles. The number of carbonyl (C=O) groups excluding carboxylic acids is 1. The third-order valence-corrected chi connectivity index (χ3v) is 5.65. The first kappa shape index (κ1) is 24.9. The van der Waals surface area contributed by atoms with Crippen molar-refractivity contribution in [1.82, 2.24) is 15.3 Å². The van der Waals surface area contributed by atoms with Crippen LogP contribution in [0, 0.1) is 0 Å². The molecule has 1 amide bonds. The van der Waals surface area contributed by atoms with Crippen molar-refractivity contribution in [3.63, 3.8) is 0 Å². The van der Waals surface area contributed by atoms with Crippen molar-refractivity contribution in [3.05, 3.63) is 35.9 Å². The highest BCUT2D eigenvalue weighted by Gasteiger charge is 2.15. The molecule has 0 atom stereocenters. The maximum Gasteiger partial charge on any atom is 0.251 e. The molecule has 0 spiro atoms. The molecule has 0 radical (unpaired) electrons. The van der Waals surface area contributed by atoms with Gasteiger partial charge in [0.1, 0.15) is 11.6 Å². The fourth-order valence-electron chi connectivity index (χ4n) is 3.08. The van der Waals surface area contributed by atoms with E-state index in [9.17, 15) is 13.2 Å². The Morgan fingerprint density at radius 2 is 1.39 bits per heavy atom. The summed E-state index contributed by atoms with van der Waals surface area (Å²) >= 11 is 0. The van der Waals surface area contributed by atoms with Crippen molar-refractivity contribution >= 4 is 33.1 Å². The lowest BCUT2D eigenvalue weighted by Crippen LogP contribution is -2.25. The first-order valence-corrected chi connectivity index (χ1v) is 12.9. The number of benzene rings is 1. The van der Waals surface area contributed by atoms with E-state index in [0.717, 1.165) is 31.9 Å². The minimum atomic E-state index is -3.60. The Morgan fingerprint density at radius 1 is 0.818 bits per heavy atom. The van der Waals surface area contributed by atoms with Gasteiger partial charge in [0.15, 0.2) is 0 Å². The average Bonchev–Trinajstić information content (AvgIpc) is 2.78. The van der Waals surface area contributed by atoms with Gasteiger partial charge >= 0.3 is 0 Å². The molecule has 4 rings (SSSR count). The molecule has 10 nitrogen and oxygen atoms in total. The number of sulfone groups is 1. The van der Waals surface area contributed by atoms with Crippen molar-refractivity contribution in [2.75, 3.05) is 56.4 Å². The van der Waals surface area contributed by atoms with E-state index in [1.165, 1.54) is 0 Å². The van der Waals surface area contributed by atoms with Crippen molar-refractivity contribution < 1.29 is 22.7 Å². The van der Waals surface area contributed by atoms with E-state index in [2.05, 4.69) is 25.9 Å². The van der Waals surface area contributed by atoms with Crippen molar-refractivity contribution in [2.24, 2.45) is 0 Å². The largest absolute Gasteiger partial charge is 0.381 e. The van der Waals surface area contributed by atoms with Crippen LogP contribution in [0.15, 0.2) is 35.5 Å². The van der Waals surface area contributed by atoms with E-state index in [-0.39, 0.29) is 11.1 Å². The van der Waals surface area contributed by atoms with Gasteiger partial charge in [-0.25, -0.2) is 18.4 Å². The number of fused-ring (bicyclic) bond motifs is 16. The lowest BCUT2D eigenvalue weighted by atomic mass is 10.2. The molecule has 2 aliphatic rings. The van der Waals surface area contributed by atoms with E-state index in [4.69, 9.17) is 9.47 Å². The number of hydrogen-bond acceptors (Lipinski definition) is 9. The van der Waals surface area contributed by atoms with Crippen LogP contribution in [0.1, 0.15) is 36.0 Å². The molecule has 0 aliphatic carbocycles. The van der Waals surface area contributed by atoms with E-state index in [1.807, 2.05) is 0 Å². The summed E-state index contributed by atoms with van der Waals surface area (Å²) < 4.78 is 35.3.